The van der Waals surface area contributed by atoms with E-state index in [-0.39, 0.29) is 17.3 Å². The Bertz CT molecular complexity index is 483. The number of aromatic carboxylic acids is 1. The number of nitrogens with zero attached hydrogens (tertiary/aromatic N) is 1. The highest BCUT2D eigenvalue weighted by molar-refractivity contribution is 5.93. The lowest BCUT2D eigenvalue weighted by atomic mass is 10.1. The van der Waals surface area contributed by atoms with Crippen molar-refractivity contribution in [1.29, 1.82) is 0 Å². The molecule has 18 heavy (non-hydrogen) atoms. The zero-order chi connectivity index (χ0) is 13.5. The van der Waals surface area contributed by atoms with E-state index in [1.165, 1.54) is 19.2 Å². The lowest BCUT2D eigenvalue weighted by Crippen LogP contribution is -2.20. The lowest BCUT2D eigenvalue weighted by molar-refractivity contribution is -0.118. The van der Waals surface area contributed by atoms with Gasteiger partial charge in [0.15, 0.2) is 0 Å². The summed E-state index contributed by atoms with van der Waals surface area (Å²) < 4.78 is 0. The van der Waals surface area contributed by atoms with Gasteiger partial charge in [-0.25, -0.2) is 9.78 Å². The van der Waals surface area contributed by atoms with Crippen LogP contribution in [-0.2, 0) is 4.79 Å². The van der Waals surface area contributed by atoms with E-state index in [4.69, 9.17) is 10.8 Å². The van der Waals surface area contributed by atoms with E-state index in [0.717, 1.165) is 0 Å². The van der Waals surface area contributed by atoms with Crippen molar-refractivity contribution < 1.29 is 14.7 Å². The minimum atomic E-state index is -1.10. The Labute approximate surface area is 105 Å². The van der Waals surface area contributed by atoms with Gasteiger partial charge >= 0.3 is 5.97 Å². The summed E-state index contributed by atoms with van der Waals surface area (Å²) in [7, 11) is 0. The second kappa shape index (κ2) is 6.39. The van der Waals surface area contributed by atoms with Crippen LogP contribution in [0.4, 0.5) is 5.82 Å². The number of amides is 1. The first kappa shape index (κ1) is 13.7. The van der Waals surface area contributed by atoms with Crippen molar-refractivity contribution in [2.75, 3.05) is 12.3 Å². The summed E-state index contributed by atoms with van der Waals surface area (Å²) in [5.74, 6) is -1.18. The molecule has 0 saturated carbocycles. The molecule has 0 aromatic carbocycles. The molecule has 0 bridgehead atoms. The summed E-state index contributed by atoms with van der Waals surface area (Å²) in [6.45, 7) is 1.99. The van der Waals surface area contributed by atoms with E-state index in [9.17, 15) is 9.59 Å². The van der Waals surface area contributed by atoms with Crippen molar-refractivity contribution in [2.45, 2.75) is 13.3 Å². The number of nitrogen functional groups attached to an aromatic ring is 1. The molecule has 1 amide bonds. The van der Waals surface area contributed by atoms with Gasteiger partial charge < -0.3 is 16.2 Å². The molecular formula is C12H15N3O3. The molecule has 6 heteroatoms. The van der Waals surface area contributed by atoms with Crippen LogP contribution in [0.25, 0.3) is 6.08 Å². The van der Waals surface area contributed by atoms with Crippen molar-refractivity contribution in [3.05, 3.63) is 29.5 Å². The van der Waals surface area contributed by atoms with Gasteiger partial charge in [-0.1, -0.05) is 12.2 Å². The maximum atomic E-state index is 10.8. The van der Waals surface area contributed by atoms with Crippen LogP contribution in [-0.4, -0.2) is 28.5 Å². The molecule has 1 rings (SSSR count). The van der Waals surface area contributed by atoms with Crippen LogP contribution >= 0.6 is 0 Å². The normalized spacial score (nSPS) is 10.5. The molecule has 0 saturated heterocycles. The largest absolute Gasteiger partial charge is 0.478 e. The van der Waals surface area contributed by atoms with Crippen molar-refractivity contribution in [3.8, 4) is 0 Å². The van der Waals surface area contributed by atoms with E-state index in [1.807, 2.05) is 6.08 Å². The Kier molecular flexibility index (Phi) is 4.86. The second-order valence-electron chi connectivity index (χ2n) is 3.68. The third-order valence-corrected chi connectivity index (χ3v) is 2.17. The van der Waals surface area contributed by atoms with E-state index in [1.54, 1.807) is 6.08 Å². The summed E-state index contributed by atoms with van der Waals surface area (Å²) in [6.07, 6.45) is 5.72. The number of anilines is 1. The Morgan fingerprint density at radius 3 is 2.89 bits per heavy atom. The van der Waals surface area contributed by atoms with Crippen LogP contribution in [0.5, 0.6) is 0 Å². The van der Waals surface area contributed by atoms with Crippen LogP contribution in [0.3, 0.4) is 0 Å². The van der Waals surface area contributed by atoms with Crippen LogP contribution < -0.4 is 11.1 Å². The van der Waals surface area contributed by atoms with Crippen molar-refractivity contribution >= 4 is 23.8 Å². The van der Waals surface area contributed by atoms with Gasteiger partial charge in [0.25, 0.3) is 0 Å². The number of carbonyl (C=O) groups is 2. The molecule has 0 aliphatic carbocycles. The van der Waals surface area contributed by atoms with Crippen molar-refractivity contribution in [1.82, 2.24) is 10.3 Å². The number of rotatable bonds is 5. The molecule has 0 aliphatic rings. The molecular weight excluding hydrogens is 234 g/mol. The van der Waals surface area contributed by atoms with Gasteiger partial charge in [0, 0.05) is 19.7 Å². The highest BCUT2D eigenvalue weighted by atomic mass is 16.4. The van der Waals surface area contributed by atoms with E-state index >= 15 is 0 Å². The zero-order valence-corrected chi connectivity index (χ0v) is 10.0. The smallest absolute Gasteiger partial charge is 0.339 e. The summed E-state index contributed by atoms with van der Waals surface area (Å²) in [4.78, 5) is 25.2. The number of hydrogen-bond donors (Lipinski definition) is 3. The predicted molar refractivity (Wildman–Crippen MR) is 67.9 cm³/mol. The predicted octanol–water partition coefficient (Wildman–Crippen LogP) is 0.901. The van der Waals surface area contributed by atoms with Crippen molar-refractivity contribution in [2.24, 2.45) is 0 Å². The number of carboxylic acid groups (broad SMARTS) is 1. The molecule has 1 aromatic rings. The van der Waals surface area contributed by atoms with Gasteiger partial charge in [-0.2, -0.15) is 0 Å². The monoisotopic (exact) mass is 249 g/mol. The topological polar surface area (TPSA) is 105 Å². The fourth-order valence-corrected chi connectivity index (χ4v) is 1.30. The maximum Gasteiger partial charge on any atom is 0.339 e. The molecule has 4 N–H and O–H groups in total. The van der Waals surface area contributed by atoms with Crippen molar-refractivity contribution in [3.63, 3.8) is 0 Å². The summed E-state index contributed by atoms with van der Waals surface area (Å²) in [5, 5.41) is 11.5. The molecule has 1 aromatic heterocycles. The fraction of sp³-hybridized carbons (Fsp3) is 0.250. The first-order valence-electron chi connectivity index (χ1n) is 5.40. The highest BCUT2D eigenvalue weighted by Crippen LogP contribution is 2.12. The van der Waals surface area contributed by atoms with E-state index in [2.05, 4.69) is 10.3 Å². The van der Waals surface area contributed by atoms with E-state index in [0.29, 0.717) is 18.5 Å². The Morgan fingerprint density at radius 2 is 2.28 bits per heavy atom. The van der Waals surface area contributed by atoms with Gasteiger partial charge in [0.2, 0.25) is 5.91 Å². The van der Waals surface area contributed by atoms with Crippen LogP contribution in [0, 0.1) is 0 Å². The number of nitrogens with two attached hydrogens (primary N) is 1. The third-order valence-electron chi connectivity index (χ3n) is 2.17. The number of aromatic nitrogens is 1. The highest BCUT2D eigenvalue weighted by Gasteiger charge is 2.08. The number of pyridine rings is 1. The van der Waals surface area contributed by atoms with Gasteiger partial charge in [-0.15, -0.1) is 0 Å². The number of carboxylic acids is 1. The average molecular weight is 249 g/mol. The van der Waals surface area contributed by atoms with Gasteiger partial charge in [-0.05, 0) is 18.1 Å². The van der Waals surface area contributed by atoms with Crippen LogP contribution in [0.15, 0.2) is 18.3 Å². The molecule has 0 radical (unpaired) electrons. The summed E-state index contributed by atoms with van der Waals surface area (Å²) >= 11 is 0. The SMILES string of the molecule is CC(=O)NCCC=Cc1cnc(N)c(C(=O)O)c1. The molecule has 0 spiro atoms. The van der Waals surface area contributed by atoms with Crippen LogP contribution in [0.1, 0.15) is 29.3 Å². The van der Waals surface area contributed by atoms with Crippen LogP contribution in [0.2, 0.25) is 0 Å². The molecule has 0 aliphatic heterocycles. The molecule has 96 valence electrons. The second-order valence-corrected chi connectivity index (χ2v) is 3.68. The molecule has 0 unspecified atom stereocenters. The first-order valence-corrected chi connectivity index (χ1v) is 5.40. The zero-order valence-electron chi connectivity index (χ0n) is 10.0. The standard InChI is InChI=1S/C12H15N3O3/c1-8(16)14-5-3-2-4-9-6-10(12(17)18)11(13)15-7-9/h2,4,6-7H,3,5H2,1H3,(H2,13,15)(H,14,16)(H,17,18). The number of nitrogens with one attached hydrogen (secondary N) is 1. The first-order chi connectivity index (χ1) is 8.50. The molecule has 0 fully saturated rings. The molecule has 6 nitrogen and oxygen atoms in total. The minimum Gasteiger partial charge on any atom is -0.478 e. The Morgan fingerprint density at radius 1 is 1.56 bits per heavy atom. The van der Waals surface area contributed by atoms with E-state index < -0.39 is 5.97 Å². The Balaban J connectivity index is 2.62. The molecule has 1 heterocycles. The van der Waals surface area contributed by atoms with Gasteiger partial charge in [0.05, 0.1) is 0 Å². The minimum absolute atomic E-state index is 0.00195. The number of hydrogen-bond acceptors (Lipinski definition) is 4. The number of carbonyl (C=O) groups excluding carboxylic acids is 1. The average Bonchev–Trinajstić information content (AvgIpc) is 2.30. The summed E-state index contributed by atoms with van der Waals surface area (Å²) in [6, 6.07) is 1.46. The fourth-order valence-electron chi connectivity index (χ4n) is 1.30. The quantitative estimate of drug-likeness (QED) is 0.672. The molecule has 0 atom stereocenters. The van der Waals surface area contributed by atoms with Gasteiger partial charge in [0.1, 0.15) is 11.4 Å². The lowest BCUT2D eigenvalue weighted by Gasteiger charge is -2.01. The third kappa shape index (κ3) is 4.25. The summed E-state index contributed by atoms with van der Waals surface area (Å²) in [5.41, 5.74) is 6.08. The van der Waals surface area contributed by atoms with Gasteiger partial charge in [-0.3, -0.25) is 4.79 Å². The Hall–Kier alpha value is -2.37. The maximum absolute atomic E-state index is 10.8.